The zero-order valence-electron chi connectivity index (χ0n) is 10.1. The summed E-state index contributed by atoms with van der Waals surface area (Å²) in [7, 11) is 0. The van der Waals surface area contributed by atoms with Gasteiger partial charge in [0.25, 0.3) is 0 Å². The van der Waals surface area contributed by atoms with Crippen LogP contribution in [0.2, 0.25) is 0 Å². The number of halogens is 1. The summed E-state index contributed by atoms with van der Waals surface area (Å²) in [5.41, 5.74) is 0. The van der Waals surface area contributed by atoms with Gasteiger partial charge in [0.05, 0.1) is 12.5 Å². The van der Waals surface area contributed by atoms with E-state index in [1.54, 1.807) is 0 Å². The van der Waals surface area contributed by atoms with Crippen molar-refractivity contribution in [2.24, 2.45) is 0 Å². The van der Waals surface area contributed by atoms with Crippen molar-refractivity contribution >= 4 is 11.6 Å². The summed E-state index contributed by atoms with van der Waals surface area (Å²) in [6, 6.07) is 0. The summed E-state index contributed by atoms with van der Waals surface area (Å²) < 4.78 is 7.55. The molecular weight excluding hydrogens is 226 g/mol. The zero-order valence-corrected chi connectivity index (χ0v) is 10.8. The van der Waals surface area contributed by atoms with Gasteiger partial charge in [-0.2, -0.15) is 0 Å². The van der Waals surface area contributed by atoms with E-state index in [1.165, 1.54) is 0 Å². The highest BCUT2D eigenvalue weighted by atomic mass is 35.5. The maximum absolute atomic E-state index is 5.81. The van der Waals surface area contributed by atoms with E-state index >= 15 is 0 Å². The fourth-order valence-corrected chi connectivity index (χ4v) is 1.75. The first-order chi connectivity index (χ1) is 7.83. The monoisotopic (exact) mass is 245 g/mol. The molecule has 0 bridgehead atoms. The van der Waals surface area contributed by atoms with Crippen LogP contribution in [0.25, 0.3) is 0 Å². The zero-order chi connectivity index (χ0) is 11.8. The number of ether oxygens (including phenoxy) is 1. The van der Waals surface area contributed by atoms with Crippen LogP contribution in [0.15, 0.2) is 0 Å². The molecule has 0 fully saturated rings. The largest absolute Gasteiger partial charge is 0.381 e. The number of nitrogens with zero attached hydrogens (tertiary/aromatic N) is 3. The van der Waals surface area contributed by atoms with Crippen LogP contribution in [0.4, 0.5) is 0 Å². The van der Waals surface area contributed by atoms with Crippen molar-refractivity contribution in [3.05, 3.63) is 11.6 Å². The Hall–Kier alpha value is -0.610. The smallest absolute Gasteiger partial charge is 0.147 e. The first-order valence-corrected chi connectivity index (χ1v) is 6.41. The Morgan fingerprint density at radius 1 is 1.12 bits per heavy atom. The number of hydrogen-bond acceptors (Lipinski definition) is 3. The lowest BCUT2D eigenvalue weighted by atomic mass is 10.4. The lowest BCUT2D eigenvalue weighted by Gasteiger charge is -2.07. The van der Waals surface area contributed by atoms with Crippen molar-refractivity contribution in [1.29, 1.82) is 0 Å². The molecule has 4 nitrogen and oxygen atoms in total. The molecule has 92 valence electrons. The molecule has 0 saturated heterocycles. The van der Waals surface area contributed by atoms with Gasteiger partial charge in [-0.25, -0.2) is 0 Å². The molecule has 0 aliphatic carbocycles. The minimum absolute atomic E-state index is 0.419. The molecular formula is C11H20ClN3O. The average Bonchev–Trinajstić information content (AvgIpc) is 2.68. The van der Waals surface area contributed by atoms with Gasteiger partial charge in [0.1, 0.15) is 11.6 Å². The minimum Gasteiger partial charge on any atom is -0.381 e. The molecule has 0 aromatic carbocycles. The van der Waals surface area contributed by atoms with E-state index in [-0.39, 0.29) is 0 Å². The van der Waals surface area contributed by atoms with E-state index in [0.717, 1.165) is 44.1 Å². The van der Waals surface area contributed by atoms with E-state index in [4.69, 9.17) is 16.3 Å². The Kier molecular flexibility index (Phi) is 6.42. The maximum Gasteiger partial charge on any atom is 0.147 e. The van der Waals surface area contributed by atoms with Crippen molar-refractivity contribution in [1.82, 2.24) is 14.8 Å². The number of hydrogen-bond donors (Lipinski definition) is 0. The van der Waals surface area contributed by atoms with Gasteiger partial charge in [-0.15, -0.1) is 21.8 Å². The molecule has 0 atom stereocenters. The molecule has 0 aliphatic rings. The van der Waals surface area contributed by atoms with E-state index in [2.05, 4.69) is 28.6 Å². The molecule has 0 aliphatic heterocycles. The fraction of sp³-hybridized carbons (Fsp3) is 0.818. The predicted molar refractivity (Wildman–Crippen MR) is 64.7 cm³/mol. The molecule has 1 rings (SSSR count). The Morgan fingerprint density at radius 2 is 1.88 bits per heavy atom. The number of rotatable bonds is 8. The van der Waals surface area contributed by atoms with Gasteiger partial charge < -0.3 is 9.30 Å². The highest BCUT2D eigenvalue weighted by Crippen LogP contribution is 2.07. The van der Waals surface area contributed by atoms with Crippen LogP contribution in [0.3, 0.4) is 0 Å². The van der Waals surface area contributed by atoms with Crippen LogP contribution in [0.5, 0.6) is 0 Å². The van der Waals surface area contributed by atoms with Gasteiger partial charge in [-0.1, -0.05) is 13.8 Å². The van der Waals surface area contributed by atoms with E-state index < -0.39 is 0 Å². The second-order valence-corrected chi connectivity index (χ2v) is 3.95. The Morgan fingerprint density at radius 3 is 2.50 bits per heavy atom. The van der Waals surface area contributed by atoms with Crippen molar-refractivity contribution in [3.63, 3.8) is 0 Å². The van der Waals surface area contributed by atoms with Gasteiger partial charge in [-0.05, 0) is 12.8 Å². The van der Waals surface area contributed by atoms with Crippen molar-refractivity contribution in [2.75, 3.05) is 13.2 Å². The molecule has 0 radical (unpaired) electrons. The Bertz CT molecular complexity index is 301. The van der Waals surface area contributed by atoms with Crippen LogP contribution < -0.4 is 0 Å². The quantitative estimate of drug-likeness (QED) is 0.522. The van der Waals surface area contributed by atoms with E-state index in [9.17, 15) is 0 Å². The topological polar surface area (TPSA) is 39.9 Å². The molecule has 1 heterocycles. The molecule has 1 aromatic heterocycles. The summed E-state index contributed by atoms with van der Waals surface area (Å²) >= 11 is 5.81. The SMILES string of the molecule is CCCOCCc1nnc(CCl)n1CCC. The van der Waals surface area contributed by atoms with Gasteiger partial charge in [0, 0.05) is 19.6 Å². The maximum atomic E-state index is 5.81. The van der Waals surface area contributed by atoms with Crippen molar-refractivity contribution in [3.8, 4) is 0 Å². The van der Waals surface area contributed by atoms with Crippen LogP contribution >= 0.6 is 11.6 Å². The third-order valence-electron chi connectivity index (χ3n) is 2.29. The number of alkyl halides is 1. The van der Waals surface area contributed by atoms with Crippen molar-refractivity contribution in [2.45, 2.75) is 45.5 Å². The molecule has 0 amide bonds. The third kappa shape index (κ3) is 3.76. The first-order valence-electron chi connectivity index (χ1n) is 5.88. The van der Waals surface area contributed by atoms with E-state index in [0.29, 0.717) is 12.5 Å². The minimum atomic E-state index is 0.419. The molecule has 16 heavy (non-hydrogen) atoms. The van der Waals surface area contributed by atoms with Gasteiger partial charge >= 0.3 is 0 Å². The summed E-state index contributed by atoms with van der Waals surface area (Å²) in [6.45, 7) is 6.68. The average molecular weight is 246 g/mol. The van der Waals surface area contributed by atoms with Crippen LogP contribution in [-0.4, -0.2) is 28.0 Å². The van der Waals surface area contributed by atoms with Crippen molar-refractivity contribution < 1.29 is 4.74 Å². The highest BCUT2D eigenvalue weighted by molar-refractivity contribution is 6.16. The van der Waals surface area contributed by atoms with Gasteiger partial charge in [-0.3, -0.25) is 0 Å². The summed E-state index contributed by atoms with van der Waals surface area (Å²) in [6.07, 6.45) is 2.92. The summed E-state index contributed by atoms with van der Waals surface area (Å²) in [5, 5.41) is 8.23. The molecule has 0 saturated carbocycles. The first kappa shape index (κ1) is 13.5. The lowest BCUT2D eigenvalue weighted by Crippen LogP contribution is -2.09. The normalized spacial score (nSPS) is 10.9. The summed E-state index contributed by atoms with van der Waals surface area (Å²) in [4.78, 5) is 0. The number of aromatic nitrogens is 3. The molecule has 0 unspecified atom stereocenters. The summed E-state index contributed by atoms with van der Waals surface area (Å²) in [5.74, 6) is 2.26. The second kappa shape index (κ2) is 7.63. The van der Waals surface area contributed by atoms with Gasteiger partial charge in [0.2, 0.25) is 0 Å². The third-order valence-corrected chi connectivity index (χ3v) is 2.53. The Balaban J connectivity index is 2.53. The van der Waals surface area contributed by atoms with Crippen LogP contribution in [0.1, 0.15) is 38.3 Å². The van der Waals surface area contributed by atoms with Crippen LogP contribution in [0, 0.1) is 0 Å². The second-order valence-electron chi connectivity index (χ2n) is 3.68. The molecule has 5 heteroatoms. The fourth-order valence-electron chi connectivity index (χ4n) is 1.55. The standard InChI is InChI=1S/C11H20ClN3O/c1-3-6-15-10(5-8-16-7-4-2)13-14-11(15)9-12/h3-9H2,1-2H3. The molecule has 0 spiro atoms. The van der Waals surface area contributed by atoms with Crippen LogP contribution in [-0.2, 0) is 23.6 Å². The van der Waals surface area contributed by atoms with Gasteiger partial charge in [0.15, 0.2) is 0 Å². The molecule has 0 N–H and O–H groups in total. The Labute approximate surface area is 102 Å². The predicted octanol–water partition coefficient (Wildman–Crippen LogP) is 2.40. The van der Waals surface area contributed by atoms with E-state index in [1.807, 2.05) is 0 Å². The lowest BCUT2D eigenvalue weighted by molar-refractivity contribution is 0.136. The molecule has 1 aromatic rings. The highest BCUT2D eigenvalue weighted by Gasteiger charge is 2.09.